The number of allylic oxidation sites excluding steroid dienone is 10. The number of anilines is 2. The van der Waals surface area contributed by atoms with Gasteiger partial charge in [-0.2, -0.15) is 0 Å². The molecule has 6 nitrogen and oxygen atoms in total. The van der Waals surface area contributed by atoms with E-state index in [1.165, 1.54) is 34.8 Å². The molecule has 0 fully saturated rings. The predicted octanol–water partition coefficient (Wildman–Crippen LogP) is 9.04. The second-order valence-electron chi connectivity index (χ2n) is 8.75. The molecule has 218 valence electrons. The Balaban J connectivity index is 0.000000192. The SMILES string of the molecule is O=C1C=CC(Br)=CC1=CNc1nc(-c2ccccc2)cs1.O=C1C=CC(Br)=CC1=CNc1nc(-c2ccccc2)cs1.[Ni]. The third-order valence-corrected chi connectivity index (χ3v) is 8.33. The van der Waals surface area contributed by atoms with Crippen molar-refractivity contribution in [3.8, 4) is 22.5 Å². The molecule has 11 heteroatoms. The second-order valence-corrected chi connectivity index (χ2v) is 12.3. The van der Waals surface area contributed by atoms with Gasteiger partial charge in [0.15, 0.2) is 21.8 Å². The molecule has 4 aromatic rings. The number of nitrogens with one attached hydrogen (secondary N) is 2. The quantitative estimate of drug-likeness (QED) is 0.150. The summed E-state index contributed by atoms with van der Waals surface area (Å²) in [6.45, 7) is 0. The maximum atomic E-state index is 11.7. The van der Waals surface area contributed by atoms with Crippen LogP contribution in [-0.2, 0) is 26.1 Å². The summed E-state index contributed by atoms with van der Waals surface area (Å²) in [5.74, 6) is -0.0453. The Kier molecular flexibility index (Phi) is 12.0. The second kappa shape index (κ2) is 15.8. The molecule has 0 saturated carbocycles. The summed E-state index contributed by atoms with van der Waals surface area (Å²) in [5, 5.41) is 11.7. The van der Waals surface area contributed by atoms with Crippen molar-refractivity contribution in [3.63, 3.8) is 0 Å². The van der Waals surface area contributed by atoms with E-state index >= 15 is 0 Å². The molecule has 0 aliphatic heterocycles. The van der Waals surface area contributed by atoms with Gasteiger partial charge in [-0.05, 0) is 36.5 Å². The first-order chi connectivity index (χ1) is 20.4. The van der Waals surface area contributed by atoms with Crippen LogP contribution in [0.4, 0.5) is 10.3 Å². The maximum absolute atomic E-state index is 11.7. The van der Waals surface area contributed by atoms with Gasteiger partial charge >= 0.3 is 0 Å². The van der Waals surface area contributed by atoms with Crippen LogP contribution in [0, 0.1) is 0 Å². The average Bonchev–Trinajstić information content (AvgIpc) is 3.70. The normalized spacial score (nSPS) is 15.8. The monoisotopic (exact) mass is 774 g/mol. The van der Waals surface area contributed by atoms with Crippen molar-refractivity contribution in [2.75, 3.05) is 10.6 Å². The smallest absolute Gasteiger partial charge is 0.187 e. The molecular formula is C32H22Br2N4NiO2S2. The van der Waals surface area contributed by atoms with E-state index in [9.17, 15) is 9.59 Å². The topological polar surface area (TPSA) is 84.0 Å². The number of hydrogen-bond donors (Lipinski definition) is 2. The van der Waals surface area contributed by atoms with Crippen LogP contribution in [0.5, 0.6) is 0 Å². The van der Waals surface area contributed by atoms with Crippen LogP contribution in [0.25, 0.3) is 22.5 Å². The van der Waals surface area contributed by atoms with Crippen LogP contribution in [0.2, 0.25) is 0 Å². The van der Waals surface area contributed by atoms with Crippen molar-refractivity contribution >= 4 is 76.4 Å². The number of nitrogens with zero attached hydrogens (tertiary/aromatic N) is 2. The zero-order chi connectivity index (χ0) is 29.3. The first-order valence-electron chi connectivity index (χ1n) is 12.6. The molecule has 0 spiro atoms. The van der Waals surface area contributed by atoms with Gasteiger partial charge in [-0.3, -0.25) is 9.59 Å². The van der Waals surface area contributed by atoms with Crippen molar-refractivity contribution in [1.29, 1.82) is 0 Å². The van der Waals surface area contributed by atoms with E-state index in [4.69, 9.17) is 0 Å². The first-order valence-corrected chi connectivity index (χ1v) is 15.9. The summed E-state index contributed by atoms with van der Waals surface area (Å²) in [6.07, 6.45) is 13.5. The minimum absolute atomic E-state index is 0. The van der Waals surface area contributed by atoms with Gasteiger partial charge in [0.05, 0.1) is 11.4 Å². The van der Waals surface area contributed by atoms with Crippen LogP contribution >= 0.6 is 54.5 Å². The minimum atomic E-state index is -0.0226. The van der Waals surface area contributed by atoms with Crippen molar-refractivity contribution in [2.45, 2.75) is 0 Å². The number of ketones is 2. The number of carbonyl (C=O) groups is 2. The zero-order valence-electron chi connectivity index (χ0n) is 22.1. The molecule has 2 aliphatic rings. The number of benzene rings is 2. The molecule has 2 heterocycles. The molecule has 2 aliphatic carbocycles. The number of carbonyl (C=O) groups excluding carboxylic acids is 2. The molecule has 6 rings (SSSR count). The summed E-state index contributed by atoms with van der Waals surface area (Å²) in [4.78, 5) is 32.4. The van der Waals surface area contributed by atoms with E-state index in [1.54, 1.807) is 36.7 Å². The van der Waals surface area contributed by atoms with Crippen LogP contribution in [0.3, 0.4) is 0 Å². The summed E-state index contributed by atoms with van der Waals surface area (Å²) in [5.41, 5.74) is 5.20. The number of hydrogen-bond acceptors (Lipinski definition) is 8. The van der Waals surface area contributed by atoms with E-state index < -0.39 is 0 Å². The molecule has 2 N–H and O–H groups in total. The van der Waals surface area contributed by atoms with Gasteiger partial charge in [0, 0.05) is 70.9 Å². The summed E-state index contributed by atoms with van der Waals surface area (Å²) < 4.78 is 1.75. The molecular weight excluding hydrogens is 755 g/mol. The van der Waals surface area contributed by atoms with E-state index in [1.807, 2.05) is 71.4 Å². The van der Waals surface area contributed by atoms with Gasteiger partial charge in [0.25, 0.3) is 0 Å². The molecule has 0 atom stereocenters. The summed E-state index contributed by atoms with van der Waals surface area (Å²) >= 11 is 9.73. The van der Waals surface area contributed by atoms with E-state index in [2.05, 4.69) is 52.5 Å². The van der Waals surface area contributed by atoms with Crippen molar-refractivity contribution < 1.29 is 26.1 Å². The third-order valence-electron chi connectivity index (χ3n) is 5.79. The van der Waals surface area contributed by atoms with Gasteiger partial charge in [-0.1, -0.05) is 92.5 Å². The predicted molar refractivity (Wildman–Crippen MR) is 181 cm³/mol. The van der Waals surface area contributed by atoms with E-state index in [-0.39, 0.29) is 28.1 Å². The number of thiazole rings is 2. The Labute approximate surface area is 283 Å². The van der Waals surface area contributed by atoms with Gasteiger partial charge < -0.3 is 10.6 Å². The van der Waals surface area contributed by atoms with E-state index in [0.717, 1.165) is 41.7 Å². The fourth-order valence-corrected chi connectivity index (χ4v) is 5.84. The van der Waals surface area contributed by atoms with E-state index in [0.29, 0.717) is 11.1 Å². The molecule has 2 aromatic heterocycles. The number of halogens is 2. The maximum Gasteiger partial charge on any atom is 0.187 e. The van der Waals surface area contributed by atoms with Crippen LogP contribution in [-0.4, -0.2) is 21.5 Å². The van der Waals surface area contributed by atoms with Gasteiger partial charge in [0.1, 0.15) is 0 Å². The van der Waals surface area contributed by atoms with Crippen LogP contribution < -0.4 is 10.6 Å². The van der Waals surface area contributed by atoms with Gasteiger partial charge in [-0.15, -0.1) is 22.7 Å². The molecule has 2 aromatic carbocycles. The standard InChI is InChI=1S/2C16H11BrN2OS.Ni/c2*17-13-6-7-15(20)12(8-13)9-18-16-19-14(10-21-16)11-4-2-1-3-5-11;/h2*1-10H,(H,18,19);. The average molecular weight is 777 g/mol. The summed E-state index contributed by atoms with van der Waals surface area (Å²) in [6, 6.07) is 20.0. The van der Waals surface area contributed by atoms with Crippen molar-refractivity contribution in [2.24, 2.45) is 0 Å². The molecule has 43 heavy (non-hydrogen) atoms. The van der Waals surface area contributed by atoms with Crippen LogP contribution in [0.1, 0.15) is 0 Å². The molecule has 0 unspecified atom stereocenters. The molecule has 0 saturated heterocycles. The molecule has 0 radical (unpaired) electrons. The van der Waals surface area contributed by atoms with Gasteiger partial charge in [-0.25, -0.2) is 9.97 Å². The largest absolute Gasteiger partial charge is 0.337 e. The minimum Gasteiger partial charge on any atom is -0.337 e. The van der Waals surface area contributed by atoms with Crippen LogP contribution in [0.15, 0.2) is 140 Å². The zero-order valence-corrected chi connectivity index (χ0v) is 27.9. The third kappa shape index (κ3) is 9.26. The molecule has 0 amide bonds. The number of aromatic nitrogens is 2. The fraction of sp³-hybridized carbons (Fsp3) is 0. The van der Waals surface area contributed by atoms with Gasteiger partial charge in [0.2, 0.25) is 0 Å². The molecule has 0 bridgehead atoms. The Hall–Kier alpha value is -3.47. The van der Waals surface area contributed by atoms with Crippen molar-refractivity contribution in [1.82, 2.24) is 9.97 Å². The number of rotatable bonds is 6. The van der Waals surface area contributed by atoms with Crippen molar-refractivity contribution in [3.05, 3.63) is 140 Å². The Bertz CT molecular complexity index is 1660. The summed E-state index contributed by atoms with van der Waals surface area (Å²) in [7, 11) is 0. The fourth-order valence-electron chi connectivity index (χ4n) is 3.71. The Morgan fingerprint density at radius 3 is 1.40 bits per heavy atom. The first kappa shape index (κ1) is 32.4. The Morgan fingerprint density at radius 2 is 1.00 bits per heavy atom. The Morgan fingerprint density at radius 1 is 0.605 bits per heavy atom.